The predicted octanol–water partition coefficient (Wildman–Crippen LogP) is 4.67. The monoisotopic (exact) mass is 490 g/mol. The van der Waals surface area contributed by atoms with Gasteiger partial charge in [-0.3, -0.25) is 9.59 Å². The Morgan fingerprint density at radius 1 is 0.914 bits per heavy atom. The van der Waals surface area contributed by atoms with E-state index in [4.69, 9.17) is 4.74 Å². The molecule has 0 saturated heterocycles. The molecule has 0 radical (unpaired) electrons. The Morgan fingerprint density at radius 3 is 2.09 bits per heavy atom. The molecule has 3 aromatic rings. The molecular weight excluding hydrogens is 464 g/mol. The SMILES string of the molecule is COc1ccc(C2=C(C)C(=O)N(Cc3ccc(C(=O)Nc4cc(C)cc(C)c4)cc3)S2(=O)=O)cc1. The molecule has 0 atom stereocenters. The standard InChI is InChI=1S/C27H26N2O5S/c1-17-13-18(2)15-23(14-17)28-26(30)22-7-5-20(6-8-22)16-29-27(31)19(3)25(35(29,32)33)21-9-11-24(34-4)12-10-21/h5-15H,16H2,1-4H3,(H,28,30). The Hall–Kier alpha value is -3.91. The van der Waals surface area contributed by atoms with Crippen LogP contribution in [0.2, 0.25) is 0 Å². The first-order valence-electron chi connectivity index (χ1n) is 11.0. The van der Waals surface area contributed by atoms with E-state index in [1.807, 2.05) is 32.0 Å². The molecule has 7 nitrogen and oxygen atoms in total. The molecule has 4 rings (SSSR count). The first kappa shape index (κ1) is 24.2. The molecule has 0 bridgehead atoms. The van der Waals surface area contributed by atoms with Crippen molar-refractivity contribution in [3.8, 4) is 5.75 Å². The van der Waals surface area contributed by atoms with Crippen LogP contribution < -0.4 is 10.1 Å². The van der Waals surface area contributed by atoms with Crippen molar-refractivity contribution < 1.29 is 22.7 Å². The number of carbonyl (C=O) groups excluding carboxylic acids is 2. The van der Waals surface area contributed by atoms with E-state index in [-0.39, 0.29) is 22.9 Å². The fourth-order valence-electron chi connectivity index (χ4n) is 4.14. The Morgan fingerprint density at radius 2 is 1.51 bits per heavy atom. The van der Waals surface area contributed by atoms with Gasteiger partial charge in [0, 0.05) is 16.8 Å². The minimum absolute atomic E-state index is 0.00500. The number of carbonyl (C=O) groups is 2. The molecule has 35 heavy (non-hydrogen) atoms. The van der Waals surface area contributed by atoms with E-state index in [9.17, 15) is 18.0 Å². The first-order chi connectivity index (χ1) is 16.6. The highest BCUT2D eigenvalue weighted by Crippen LogP contribution is 2.37. The molecule has 1 N–H and O–H groups in total. The van der Waals surface area contributed by atoms with Gasteiger partial charge in [-0.25, -0.2) is 12.7 Å². The lowest BCUT2D eigenvalue weighted by atomic mass is 10.1. The number of amides is 2. The molecule has 0 unspecified atom stereocenters. The summed E-state index contributed by atoms with van der Waals surface area (Å²) >= 11 is 0. The van der Waals surface area contributed by atoms with Crippen LogP contribution in [0.25, 0.3) is 4.91 Å². The van der Waals surface area contributed by atoms with Crippen LogP contribution >= 0.6 is 0 Å². The molecule has 0 aromatic heterocycles. The fraction of sp³-hybridized carbons (Fsp3) is 0.185. The molecule has 2 amide bonds. The molecule has 0 fully saturated rings. The normalized spacial score (nSPS) is 14.9. The molecule has 1 aliphatic rings. The molecule has 8 heteroatoms. The van der Waals surface area contributed by atoms with E-state index in [0.29, 0.717) is 28.1 Å². The number of nitrogens with one attached hydrogen (secondary N) is 1. The maximum Gasteiger partial charge on any atom is 0.268 e. The Kier molecular flexibility index (Phi) is 6.49. The van der Waals surface area contributed by atoms with Crippen molar-refractivity contribution in [3.05, 3.63) is 100 Å². The number of anilines is 1. The van der Waals surface area contributed by atoms with Crippen LogP contribution in [0.3, 0.4) is 0 Å². The molecule has 1 heterocycles. The zero-order valence-electron chi connectivity index (χ0n) is 20.0. The molecule has 3 aromatic carbocycles. The van der Waals surface area contributed by atoms with Gasteiger partial charge in [-0.1, -0.05) is 18.2 Å². The van der Waals surface area contributed by atoms with Crippen LogP contribution in [0.4, 0.5) is 5.69 Å². The number of methoxy groups -OCH3 is 1. The number of nitrogens with zero attached hydrogens (tertiary/aromatic N) is 1. The third-order valence-corrected chi connectivity index (χ3v) is 7.74. The van der Waals surface area contributed by atoms with Crippen molar-refractivity contribution in [1.29, 1.82) is 0 Å². The van der Waals surface area contributed by atoms with E-state index in [2.05, 4.69) is 5.32 Å². The number of hydrogen-bond donors (Lipinski definition) is 1. The zero-order valence-corrected chi connectivity index (χ0v) is 20.8. The van der Waals surface area contributed by atoms with E-state index in [1.54, 1.807) is 48.5 Å². The van der Waals surface area contributed by atoms with Crippen molar-refractivity contribution in [2.75, 3.05) is 12.4 Å². The summed E-state index contributed by atoms with van der Waals surface area (Å²) in [6.07, 6.45) is 0. The molecule has 1 aliphatic heterocycles. The Labute approximate surface area is 205 Å². The van der Waals surface area contributed by atoms with Crippen LogP contribution in [0.15, 0.2) is 72.3 Å². The van der Waals surface area contributed by atoms with Crippen LogP contribution in [0.1, 0.15) is 39.5 Å². The van der Waals surface area contributed by atoms with Crippen molar-refractivity contribution >= 4 is 32.4 Å². The minimum atomic E-state index is -4.03. The molecule has 0 aliphatic carbocycles. The maximum atomic E-state index is 13.3. The summed E-state index contributed by atoms with van der Waals surface area (Å²) in [6, 6.07) is 18.9. The Balaban J connectivity index is 1.51. The maximum absolute atomic E-state index is 13.3. The number of ether oxygens (including phenoxy) is 1. The van der Waals surface area contributed by atoms with Crippen molar-refractivity contribution in [2.45, 2.75) is 27.3 Å². The summed E-state index contributed by atoms with van der Waals surface area (Å²) in [5.74, 6) is -0.245. The average molecular weight is 491 g/mol. The summed E-state index contributed by atoms with van der Waals surface area (Å²) < 4.78 is 32.5. The van der Waals surface area contributed by atoms with Crippen LogP contribution in [-0.4, -0.2) is 31.6 Å². The molecule has 0 spiro atoms. The van der Waals surface area contributed by atoms with Crippen LogP contribution in [-0.2, 0) is 21.4 Å². The van der Waals surface area contributed by atoms with E-state index >= 15 is 0 Å². The molecule has 180 valence electrons. The van der Waals surface area contributed by atoms with Gasteiger partial charge >= 0.3 is 0 Å². The number of aryl methyl sites for hydroxylation is 2. The van der Waals surface area contributed by atoms with Gasteiger partial charge < -0.3 is 10.1 Å². The highest BCUT2D eigenvalue weighted by Gasteiger charge is 2.42. The third kappa shape index (κ3) is 4.83. The highest BCUT2D eigenvalue weighted by atomic mass is 32.2. The van der Waals surface area contributed by atoms with Gasteiger partial charge in [-0.05, 0) is 91.6 Å². The molecule has 0 saturated carbocycles. The average Bonchev–Trinajstić information content (AvgIpc) is 2.98. The Bertz CT molecular complexity index is 1420. The summed E-state index contributed by atoms with van der Waals surface area (Å²) in [4.78, 5) is 25.5. The number of hydrogen-bond acceptors (Lipinski definition) is 5. The van der Waals surface area contributed by atoms with Gasteiger partial charge in [0.1, 0.15) is 10.7 Å². The number of sulfonamides is 1. The third-order valence-electron chi connectivity index (χ3n) is 5.81. The van der Waals surface area contributed by atoms with Gasteiger partial charge in [-0.2, -0.15) is 0 Å². The van der Waals surface area contributed by atoms with Gasteiger partial charge in [0.15, 0.2) is 0 Å². The van der Waals surface area contributed by atoms with E-state index in [1.165, 1.54) is 14.0 Å². The van der Waals surface area contributed by atoms with Crippen molar-refractivity contribution in [2.24, 2.45) is 0 Å². The van der Waals surface area contributed by atoms with E-state index < -0.39 is 15.9 Å². The first-order valence-corrected chi connectivity index (χ1v) is 12.4. The second-order valence-electron chi connectivity index (χ2n) is 8.53. The summed E-state index contributed by atoms with van der Waals surface area (Å²) in [5.41, 5.74) is 4.41. The summed E-state index contributed by atoms with van der Waals surface area (Å²) in [7, 11) is -2.51. The smallest absolute Gasteiger partial charge is 0.268 e. The lowest BCUT2D eigenvalue weighted by molar-refractivity contribution is -0.122. The van der Waals surface area contributed by atoms with Gasteiger partial charge in [0.25, 0.3) is 21.8 Å². The van der Waals surface area contributed by atoms with Crippen molar-refractivity contribution in [1.82, 2.24) is 4.31 Å². The van der Waals surface area contributed by atoms with Crippen LogP contribution in [0, 0.1) is 13.8 Å². The zero-order chi connectivity index (χ0) is 25.3. The quantitative estimate of drug-likeness (QED) is 0.542. The lowest BCUT2D eigenvalue weighted by Crippen LogP contribution is -2.30. The highest BCUT2D eigenvalue weighted by molar-refractivity contribution is 7.99. The summed E-state index contributed by atoms with van der Waals surface area (Å²) in [6.45, 7) is 5.31. The molecular formula is C27H26N2O5S. The predicted molar refractivity (Wildman–Crippen MR) is 135 cm³/mol. The number of benzene rings is 3. The largest absolute Gasteiger partial charge is 0.497 e. The van der Waals surface area contributed by atoms with Gasteiger partial charge in [0.05, 0.1) is 13.7 Å². The van der Waals surface area contributed by atoms with Gasteiger partial charge in [0.2, 0.25) is 0 Å². The second-order valence-corrected chi connectivity index (χ2v) is 10.3. The topological polar surface area (TPSA) is 92.8 Å². The fourth-order valence-corrected chi connectivity index (χ4v) is 5.94. The lowest BCUT2D eigenvalue weighted by Gasteiger charge is -2.17. The minimum Gasteiger partial charge on any atom is -0.497 e. The van der Waals surface area contributed by atoms with Crippen LogP contribution in [0.5, 0.6) is 5.75 Å². The summed E-state index contributed by atoms with van der Waals surface area (Å²) in [5, 5.41) is 2.88. The second kappa shape index (κ2) is 9.38. The van der Waals surface area contributed by atoms with Crippen molar-refractivity contribution in [3.63, 3.8) is 0 Å². The number of rotatable bonds is 6. The van der Waals surface area contributed by atoms with Gasteiger partial charge in [-0.15, -0.1) is 0 Å². The van der Waals surface area contributed by atoms with E-state index in [0.717, 1.165) is 15.4 Å².